The molecule has 0 spiro atoms. The minimum atomic E-state index is -1.43. The highest BCUT2D eigenvalue weighted by molar-refractivity contribution is 6.44. The molecule has 0 bridgehead atoms. The average Bonchev–Trinajstić information content (AvgIpc) is 2.24. The van der Waals surface area contributed by atoms with Gasteiger partial charge in [-0.25, -0.2) is 0 Å². The highest BCUT2D eigenvalue weighted by Crippen LogP contribution is 2.13. The van der Waals surface area contributed by atoms with Gasteiger partial charge in [-0.1, -0.05) is 6.92 Å². The van der Waals surface area contributed by atoms with Gasteiger partial charge in [0.25, 0.3) is 0 Å². The normalized spacial score (nSPS) is 15.9. The Bertz CT molecular complexity index is 134. The third kappa shape index (κ3) is 5.07. The molecule has 2 unspecified atom stereocenters. The maximum atomic E-state index is 5.95. The molecular weight excluding hydrogens is 196 g/mol. The Kier molecular flexibility index (Phi) is 8.41. The third-order valence-corrected chi connectivity index (χ3v) is 4.53. The lowest BCUT2D eigenvalue weighted by atomic mass is 9.96. The molecule has 0 radical (unpaired) electrons. The Morgan fingerprint density at radius 3 is 2.21 bits per heavy atom. The molecule has 4 nitrogen and oxygen atoms in total. The van der Waals surface area contributed by atoms with Crippen molar-refractivity contribution >= 4 is 9.28 Å². The van der Waals surface area contributed by atoms with Crippen LogP contribution in [0.15, 0.2) is 0 Å². The van der Waals surface area contributed by atoms with E-state index in [1.807, 2.05) is 0 Å². The molecule has 0 aromatic carbocycles. The highest BCUT2D eigenvalue weighted by Gasteiger charge is 2.18. The number of rotatable bonds is 8. The van der Waals surface area contributed by atoms with Crippen molar-refractivity contribution in [2.24, 2.45) is 17.4 Å². The van der Waals surface area contributed by atoms with Gasteiger partial charge in [-0.3, -0.25) is 0 Å². The molecule has 0 aliphatic heterocycles. The van der Waals surface area contributed by atoms with Crippen molar-refractivity contribution in [1.29, 1.82) is 0 Å². The fourth-order valence-corrected chi connectivity index (χ4v) is 2.89. The Hall–Kier alpha value is 0.0569. The van der Waals surface area contributed by atoms with Gasteiger partial charge >= 0.3 is 9.28 Å². The topological polar surface area (TPSA) is 70.5 Å². The lowest BCUT2D eigenvalue weighted by Gasteiger charge is -2.22. The van der Waals surface area contributed by atoms with Gasteiger partial charge in [-0.2, -0.15) is 0 Å². The molecule has 2 atom stereocenters. The van der Waals surface area contributed by atoms with Crippen LogP contribution in [0.5, 0.6) is 0 Å². The van der Waals surface area contributed by atoms with Crippen LogP contribution in [0.2, 0.25) is 6.04 Å². The van der Waals surface area contributed by atoms with Crippen molar-refractivity contribution in [2.45, 2.75) is 31.9 Å². The van der Waals surface area contributed by atoms with E-state index in [0.29, 0.717) is 12.5 Å². The van der Waals surface area contributed by atoms with E-state index in [4.69, 9.17) is 20.3 Å². The van der Waals surface area contributed by atoms with Crippen LogP contribution >= 0.6 is 0 Å². The van der Waals surface area contributed by atoms with E-state index in [1.165, 1.54) is 0 Å². The first kappa shape index (κ1) is 14.1. The van der Waals surface area contributed by atoms with Crippen molar-refractivity contribution in [1.82, 2.24) is 0 Å². The van der Waals surface area contributed by atoms with E-state index in [2.05, 4.69) is 6.92 Å². The van der Waals surface area contributed by atoms with E-state index < -0.39 is 9.28 Å². The first-order valence-electron chi connectivity index (χ1n) is 5.20. The van der Waals surface area contributed by atoms with Gasteiger partial charge in [0.2, 0.25) is 0 Å². The van der Waals surface area contributed by atoms with Crippen LogP contribution in [0.3, 0.4) is 0 Å². The molecule has 4 N–H and O–H groups in total. The molecule has 0 saturated carbocycles. The van der Waals surface area contributed by atoms with Crippen LogP contribution in [0.1, 0.15) is 19.8 Å². The molecule has 0 aromatic heterocycles. The largest absolute Gasteiger partial charge is 0.400 e. The Morgan fingerprint density at radius 1 is 1.29 bits per heavy atom. The quantitative estimate of drug-likeness (QED) is 0.573. The van der Waals surface area contributed by atoms with E-state index >= 15 is 0 Å². The minimum absolute atomic E-state index is 0.211. The van der Waals surface area contributed by atoms with E-state index in [1.54, 1.807) is 14.2 Å². The van der Waals surface area contributed by atoms with Crippen molar-refractivity contribution in [3.8, 4) is 0 Å². The van der Waals surface area contributed by atoms with Crippen LogP contribution in [-0.4, -0.2) is 36.1 Å². The summed E-state index contributed by atoms with van der Waals surface area (Å²) in [6.07, 6.45) is 2.00. The van der Waals surface area contributed by atoms with E-state index in [9.17, 15) is 0 Å². The Morgan fingerprint density at radius 2 is 1.86 bits per heavy atom. The van der Waals surface area contributed by atoms with Gasteiger partial charge in [-0.15, -0.1) is 0 Å². The zero-order chi connectivity index (χ0) is 11.0. The summed E-state index contributed by atoms with van der Waals surface area (Å²) in [6.45, 7) is 2.75. The minimum Gasteiger partial charge on any atom is -0.400 e. The lowest BCUT2D eigenvalue weighted by molar-refractivity contribution is 0.271. The average molecular weight is 220 g/mol. The zero-order valence-electron chi connectivity index (χ0n) is 9.53. The fraction of sp³-hybridized carbons (Fsp3) is 1.00. The summed E-state index contributed by atoms with van der Waals surface area (Å²) < 4.78 is 10.5. The first-order valence-corrected chi connectivity index (χ1v) is 6.96. The smallest absolute Gasteiger partial charge is 0.320 e. The second-order valence-corrected chi connectivity index (χ2v) is 5.93. The van der Waals surface area contributed by atoms with Gasteiger partial charge in [0.05, 0.1) is 0 Å². The standard InChI is InChI=1S/C9H24N2O2Si/c1-4-9(11)8(7-10)5-6-14(12-2)13-3/h8-9,14H,4-7,10-11H2,1-3H3. The van der Waals surface area contributed by atoms with Crippen LogP contribution in [0, 0.1) is 5.92 Å². The highest BCUT2D eigenvalue weighted by atomic mass is 28.3. The molecule has 86 valence electrons. The molecule has 0 aliphatic carbocycles. The molecule has 0 fully saturated rings. The van der Waals surface area contributed by atoms with Crippen molar-refractivity contribution in [3.05, 3.63) is 0 Å². The van der Waals surface area contributed by atoms with Crippen LogP contribution in [0.4, 0.5) is 0 Å². The molecule has 14 heavy (non-hydrogen) atoms. The molecule has 0 rings (SSSR count). The predicted molar refractivity (Wildman–Crippen MR) is 61.4 cm³/mol. The maximum Gasteiger partial charge on any atom is 0.320 e. The third-order valence-electron chi connectivity index (χ3n) is 2.68. The second kappa shape index (κ2) is 8.37. The monoisotopic (exact) mass is 220 g/mol. The second-order valence-electron chi connectivity index (χ2n) is 3.55. The van der Waals surface area contributed by atoms with Crippen LogP contribution in [0.25, 0.3) is 0 Å². The summed E-state index contributed by atoms with van der Waals surface area (Å²) in [5.41, 5.74) is 11.6. The van der Waals surface area contributed by atoms with E-state index in [-0.39, 0.29) is 6.04 Å². The van der Waals surface area contributed by atoms with Gasteiger partial charge < -0.3 is 20.3 Å². The number of hydrogen-bond donors (Lipinski definition) is 2. The number of hydrogen-bond acceptors (Lipinski definition) is 4. The Labute approximate surface area is 88.8 Å². The molecule has 0 aromatic rings. The first-order chi connectivity index (χ1) is 6.69. The van der Waals surface area contributed by atoms with Crippen molar-refractivity contribution in [3.63, 3.8) is 0 Å². The molecule has 0 saturated heterocycles. The zero-order valence-corrected chi connectivity index (χ0v) is 10.7. The van der Waals surface area contributed by atoms with Gasteiger partial charge in [0.1, 0.15) is 0 Å². The predicted octanol–water partition coefficient (Wildman–Crippen LogP) is 0.202. The molecule has 5 heteroatoms. The summed E-state index contributed by atoms with van der Waals surface area (Å²) in [5, 5.41) is 0. The van der Waals surface area contributed by atoms with E-state index in [0.717, 1.165) is 18.9 Å². The Balaban J connectivity index is 3.81. The summed E-state index contributed by atoms with van der Waals surface area (Å²) in [4.78, 5) is 0. The number of nitrogens with two attached hydrogens (primary N) is 2. The maximum absolute atomic E-state index is 5.95. The summed E-state index contributed by atoms with van der Waals surface area (Å²) in [5.74, 6) is 0.403. The molecule has 0 aliphatic rings. The molecular formula is C9H24N2O2Si. The van der Waals surface area contributed by atoms with Gasteiger partial charge in [0.15, 0.2) is 0 Å². The molecule has 0 heterocycles. The summed E-state index contributed by atoms with van der Waals surface area (Å²) in [6, 6.07) is 1.20. The SMILES string of the molecule is CCC(N)C(CN)CC[SiH](OC)OC. The van der Waals surface area contributed by atoms with Crippen molar-refractivity contribution < 1.29 is 8.85 Å². The fourth-order valence-electron chi connectivity index (χ4n) is 1.52. The van der Waals surface area contributed by atoms with Crippen LogP contribution in [-0.2, 0) is 8.85 Å². The van der Waals surface area contributed by atoms with Gasteiger partial charge in [-0.05, 0) is 31.3 Å². The van der Waals surface area contributed by atoms with Gasteiger partial charge in [0, 0.05) is 20.3 Å². The van der Waals surface area contributed by atoms with Crippen LogP contribution < -0.4 is 11.5 Å². The lowest BCUT2D eigenvalue weighted by Crippen LogP contribution is -2.35. The van der Waals surface area contributed by atoms with Crippen molar-refractivity contribution in [2.75, 3.05) is 20.8 Å². The molecule has 0 amide bonds. The summed E-state index contributed by atoms with van der Waals surface area (Å²) in [7, 11) is 1.99. The summed E-state index contributed by atoms with van der Waals surface area (Å²) >= 11 is 0.